The summed E-state index contributed by atoms with van der Waals surface area (Å²) in [6.07, 6.45) is 0. The highest BCUT2D eigenvalue weighted by molar-refractivity contribution is 6.08. The van der Waals surface area contributed by atoms with Crippen LogP contribution in [0.2, 0.25) is 0 Å². The summed E-state index contributed by atoms with van der Waals surface area (Å²) >= 11 is 0. The van der Waals surface area contributed by atoms with Gasteiger partial charge in [-0.25, -0.2) is 28.6 Å². The molecule has 1 aromatic heterocycles. The second kappa shape index (κ2) is 11.8. The van der Waals surface area contributed by atoms with Crippen LogP contribution < -0.4 is 0 Å². The zero-order valence-corrected chi connectivity index (χ0v) is 22.9. The smallest absolute Gasteiger partial charge is 0.230 e. The molecule has 0 bridgehead atoms. The maximum absolute atomic E-state index is 14.4. The zero-order chi connectivity index (χ0) is 30.6. The molecule has 6 aromatic rings. The Balaban J connectivity index is 1.56. The molecule has 0 fully saturated rings. The first-order valence-electron chi connectivity index (χ1n) is 13.4. The van der Waals surface area contributed by atoms with Crippen LogP contribution in [0.5, 0.6) is 0 Å². The molecule has 8 heteroatoms. The van der Waals surface area contributed by atoms with Crippen molar-refractivity contribution in [1.82, 2.24) is 15.0 Å². The topological polar surface area (TPSA) is 83.9 Å². The molecule has 0 aliphatic rings. The fraction of sp³-hybridized carbons (Fsp3) is 0. The number of carbonyl (C=O) groups excluding carboxylic acids is 1. The molecule has 0 radical (unpaired) electrons. The van der Waals surface area contributed by atoms with Crippen LogP contribution in [0, 0.1) is 29.5 Å². The third-order valence-corrected chi connectivity index (χ3v) is 6.80. The highest BCUT2D eigenvalue weighted by Crippen LogP contribution is 2.31. The second-order valence-corrected chi connectivity index (χ2v) is 9.82. The summed E-state index contributed by atoms with van der Waals surface area (Å²) in [7, 11) is 0. The lowest BCUT2D eigenvalue weighted by molar-refractivity contribution is 0.102. The van der Waals surface area contributed by atoms with Crippen molar-refractivity contribution in [1.29, 1.82) is 5.26 Å². The highest BCUT2D eigenvalue weighted by Gasteiger charge is 2.21. The lowest BCUT2D eigenvalue weighted by Gasteiger charge is -2.12. The maximum Gasteiger partial charge on any atom is 0.230 e. The molecule has 6 nitrogen and oxygen atoms in total. The van der Waals surface area contributed by atoms with E-state index < -0.39 is 17.4 Å². The Morgan fingerprint density at radius 2 is 1.18 bits per heavy atom. The Labute approximate surface area is 251 Å². The maximum atomic E-state index is 14.4. The minimum absolute atomic E-state index is 0.00965. The van der Waals surface area contributed by atoms with E-state index in [4.69, 9.17) is 6.57 Å². The first-order chi connectivity index (χ1) is 21.4. The first-order valence-corrected chi connectivity index (χ1v) is 13.4. The summed E-state index contributed by atoms with van der Waals surface area (Å²) in [6, 6.07) is 33.7. The molecule has 0 aliphatic carbocycles. The lowest BCUT2D eigenvalue weighted by atomic mass is 9.94. The van der Waals surface area contributed by atoms with E-state index in [-0.39, 0.29) is 45.4 Å². The molecule has 6 rings (SSSR count). The number of nitrogens with zero attached hydrogens (tertiary/aromatic N) is 5. The minimum Gasteiger partial charge on any atom is -0.285 e. The Bertz CT molecular complexity index is 2000. The molecule has 0 atom stereocenters. The standard InChI is InChI=1S/C36H19F2N5O/c1-40-32-19-29(18-31(38)20-32)35-41-34(28-12-22(21-39)13-30(37)17-28)42-36(43-35)33(44)27-15-25(23-8-4-2-5-9-23)14-26(16-27)24-10-6-3-7-11-24/h2-20H. The number of rotatable bonds is 6. The summed E-state index contributed by atoms with van der Waals surface area (Å²) in [5.74, 6) is -2.39. The fourth-order valence-electron chi connectivity index (χ4n) is 4.77. The Kier molecular flexibility index (Phi) is 7.48. The molecule has 0 saturated heterocycles. The van der Waals surface area contributed by atoms with Crippen molar-refractivity contribution in [3.05, 3.63) is 155 Å². The van der Waals surface area contributed by atoms with Gasteiger partial charge in [-0.15, -0.1) is 0 Å². The SMILES string of the molecule is [C-]#[N+]c1cc(F)cc(-c2nc(C(=O)c3cc(-c4ccccc4)cc(-c4ccccc4)c3)nc(-c3cc(F)cc(C#N)c3)n2)c1. The Morgan fingerprint density at radius 1 is 0.636 bits per heavy atom. The van der Waals surface area contributed by atoms with Crippen LogP contribution in [0.25, 0.3) is 49.9 Å². The van der Waals surface area contributed by atoms with Gasteiger partial charge in [0.1, 0.15) is 11.6 Å². The van der Waals surface area contributed by atoms with Crippen LogP contribution in [0.1, 0.15) is 21.7 Å². The summed E-state index contributed by atoms with van der Waals surface area (Å²) in [6.45, 7) is 7.33. The van der Waals surface area contributed by atoms with E-state index in [1.54, 1.807) is 12.1 Å². The average molecular weight is 576 g/mol. The number of hydrogen-bond donors (Lipinski definition) is 0. The fourth-order valence-corrected chi connectivity index (χ4v) is 4.77. The van der Waals surface area contributed by atoms with E-state index in [0.717, 1.165) is 46.5 Å². The summed E-state index contributed by atoms with van der Waals surface area (Å²) in [5, 5.41) is 9.39. The number of ketones is 1. The van der Waals surface area contributed by atoms with Crippen LogP contribution in [0.4, 0.5) is 14.5 Å². The molecule has 1 heterocycles. The van der Waals surface area contributed by atoms with Crippen molar-refractivity contribution < 1.29 is 13.6 Å². The molecule has 5 aromatic carbocycles. The van der Waals surface area contributed by atoms with Crippen molar-refractivity contribution >= 4 is 11.5 Å². The van der Waals surface area contributed by atoms with E-state index in [0.29, 0.717) is 0 Å². The van der Waals surface area contributed by atoms with Crippen LogP contribution in [-0.2, 0) is 0 Å². The van der Waals surface area contributed by atoms with E-state index >= 15 is 0 Å². The van der Waals surface area contributed by atoms with Crippen molar-refractivity contribution in [3.63, 3.8) is 0 Å². The summed E-state index contributed by atoms with van der Waals surface area (Å²) < 4.78 is 28.9. The molecule has 0 amide bonds. The third-order valence-electron chi connectivity index (χ3n) is 6.80. The molecular weight excluding hydrogens is 556 g/mol. The Hall–Kier alpha value is -6.38. The van der Waals surface area contributed by atoms with Crippen LogP contribution in [-0.4, -0.2) is 20.7 Å². The van der Waals surface area contributed by atoms with Gasteiger partial charge in [-0.1, -0.05) is 60.7 Å². The van der Waals surface area contributed by atoms with Crippen molar-refractivity contribution in [3.8, 4) is 51.1 Å². The van der Waals surface area contributed by atoms with E-state index in [2.05, 4.69) is 19.8 Å². The number of halogens is 2. The van der Waals surface area contributed by atoms with E-state index in [1.165, 1.54) is 12.1 Å². The van der Waals surface area contributed by atoms with Gasteiger partial charge >= 0.3 is 0 Å². The van der Waals surface area contributed by atoms with Gasteiger partial charge < -0.3 is 0 Å². The number of carbonyl (C=O) groups is 1. The predicted molar refractivity (Wildman–Crippen MR) is 162 cm³/mol. The van der Waals surface area contributed by atoms with Crippen molar-refractivity contribution in [2.45, 2.75) is 0 Å². The van der Waals surface area contributed by atoms with Gasteiger partial charge in [-0.05, 0) is 76.9 Å². The molecule has 208 valence electrons. The number of benzene rings is 5. The minimum atomic E-state index is -0.696. The molecular formula is C36H19F2N5O. The van der Waals surface area contributed by atoms with Crippen molar-refractivity contribution in [2.75, 3.05) is 0 Å². The molecule has 0 N–H and O–H groups in total. The molecule has 0 saturated carbocycles. The van der Waals surface area contributed by atoms with Crippen LogP contribution in [0.3, 0.4) is 0 Å². The van der Waals surface area contributed by atoms with E-state index in [1.807, 2.05) is 72.8 Å². The number of aromatic nitrogens is 3. The molecule has 0 unspecified atom stereocenters. The van der Waals surface area contributed by atoms with Gasteiger partial charge in [0.2, 0.25) is 11.6 Å². The van der Waals surface area contributed by atoms with Gasteiger partial charge in [0.25, 0.3) is 0 Å². The van der Waals surface area contributed by atoms with Crippen LogP contribution in [0.15, 0.2) is 115 Å². The molecule has 0 aliphatic heterocycles. The molecule has 0 spiro atoms. The first kappa shape index (κ1) is 27.8. The summed E-state index contributed by atoms with van der Waals surface area (Å²) in [5.41, 5.74) is 3.96. The second-order valence-electron chi connectivity index (χ2n) is 9.82. The zero-order valence-electron chi connectivity index (χ0n) is 22.9. The largest absolute Gasteiger partial charge is 0.285 e. The van der Waals surface area contributed by atoms with Gasteiger partial charge in [0.15, 0.2) is 17.3 Å². The quantitative estimate of drug-likeness (QED) is 0.147. The Morgan fingerprint density at radius 3 is 1.73 bits per heavy atom. The number of hydrogen-bond acceptors (Lipinski definition) is 5. The third kappa shape index (κ3) is 5.82. The lowest BCUT2D eigenvalue weighted by Crippen LogP contribution is -2.11. The number of nitriles is 1. The van der Waals surface area contributed by atoms with E-state index in [9.17, 15) is 18.8 Å². The van der Waals surface area contributed by atoms with Crippen LogP contribution >= 0.6 is 0 Å². The van der Waals surface area contributed by atoms with Gasteiger partial charge in [0, 0.05) is 16.7 Å². The van der Waals surface area contributed by atoms with Crippen molar-refractivity contribution in [2.24, 2.45) is 0 Å². The average Bonchev–Trinajstić information content (AvgIpc) is 3.07. The summed E-state index contributed by atoms with van der Waals surface area (Å²) in [4.78, 5) is 30.6. The predicted octanol–water partition coefficient (Wildman–Crippen LogP) is 8.47. The highest BCUT2D eigenvalue weighted by atomic mass is 19.1. The normalized spacial score (nSPS) is 10.5. The van der Waals surface area contributed by atoms with Gasteiger partial charge in [-0.2, -0.15) is 5.26 Å². The molecule has 44 heavy (non-hydrogen) atoms. The monoisotopic (exact) mass is 575 g/mol. The van der Waals surface area contributed by atoms with Gasteiger partial charge in [0.05, 0.1) is 18.2 Å². The van der Waals surface area contributed by atoms with Gasteiger partial charge in [-0.3, -0.25) is 4.79 Å².